The molecule has 1 aromatic carbocycles. The zero-order valence-corrected chi connectivity index (χ0v) is 19.2. The van der Waals surface area contributed by atoms with Crippen LogP contribution in [0.3, 0.4) is 0 Å². The molecule has 1 atom stereocenters. The van der Waals surface area contributed by atoms with E-state index in [0.717, 1.165) is 30.7 Å². The summed E-state index contributed by atoms with van der Waals surface area (Å²) >= 11 is 0. The molecule has 4 nitrogen and oxygen atoms in total. The second-order valence-electron chi connectivity index (χ2n) is 8.54. The van der Waals surface area contributed by atoms with E-state index in [1.807, 2.05) is 36.7 Å². The van der Waals surface area contributed by atoms with Gasteiger partial charge in [-0.2, -0.15) is 0 Å². The summed E-state index contributed by atoms with van der Waals surface area (Å²) < 4.78 is 5.72. The minimum atomic E-state index is -1.13. The van der Waals surface area contributed by atoms with E-state index in [0.29, 0.717) is 12.2 Å². The SMILES string of the molecule is CCCCCCCCCCc1cnc(-c2ccc(O[C@](C)(O)CCCC)cc2)nc1. The lowest BCUT2D eigenvalue weighted by molar-refractivity contribution is -0.127. The van der Waals surface area contributed by atoms with Crippen LogP contribution >= 0.6 is 0 Å². The molecule has 0 amide bonds. The molecule has 0 aliphatic rings. The maximum absolute atomic E-state index is 10.3. The molecule has 0 fully saturated rings. The molecule has 0 aliphatic heterocycles. The third kappa shape index (κ3) is 9.25. The molecule has 30 heavy (non-hydrogen) atoms. The fraction of sp³-hybridized carbons (Fsp3) is 0.615. The average Bonchev–Trinajstić information content (AvgIpc) is 2.75. The van der Waals surface area contributed by atoms with E-state index in [2.05, 4.69) is 23.8 Å². The van der Waals surface area contributed by atoms with Crippen molar-refractivity contribution in [1.82, 2.24) is 9.97 Å². The highest BCUT2D eigenvalue weighted by molar-refractivity contribution is 5.55. The van der Waals surface area contributed by atoms with Gasteiger partial charge in [-0.3, -0.25) is 0 Å². The Morgan fingerprint density at radius 2 is 1.37 bits per heavy atom. The van der Waals surface area contributed by atoms with Crippen molar-refractivity contribution in [3.63, 3.8) is 0 Å². The average molecular weight is 413 g/mol. The molecule has 0 unspecified atom stereocenters. The van der Waals surface area contributed by atoms with Crippen molar-refractivity contribution in [3.8, 4) is 17.1 Å². The largest absolute Gasteiger partial charge is 0.463 e. The van der Waals surface area contributed by atoms with Crippen LogP contribution in [0.4, 0.5) is 0 Å². The van der Waals surface area contributed by atoms with Gasteiger partial charge >= 0.3 is 0 Å². The molecule has 1 N–H and O–H groups in total. The minimum absolute atomic E-state index is 0.620. The normalized spacial score (nSPS) is 13.2. The van der Waals surface area contributed by atoms with Crippen LogP contribution in [0.2, 0.25) is 0 Å². The molecule has 2 aromatic rings. The standard InChI is InChI=1S/C26H40N2O2/c1-4-6-8-9-10-11-12-13-14-22-20-27-25(28-21-22)23-15-17-24(18-16-23)30-26(3,29)19-7-5-2/h15-18,20-21,29H,4-14,19H2,1-3H3/t26-/m0/s1. The maximum atomic E-state index is 10.3. The topological polar surface area (TPSA) is 55.2 Å². The van der Waals surface area contributed by atoms with Gasteiger partial charge in [-0.1, -0.05) is 65.2 Å². The molecule has 0 saturated carbocycles. The summed E-state index contributed by atoms with van der Waals surface area (Å²) in [4.78, 5) is 9.08. The van der Waals surface area contributed by atoms with Crippen molar-refractivity contribution in [2.75, 3.05) is 0 Å². The predicted octanol–water partition coefficient (Wildman–Crippen LogP) is 7.10. The van der Waals surface area contributed by atoms with Gasteiger partial charge < -0.3 is 9.84 Å². The van der Waals surface area contributed by atoms with Gasteiger partial charge in [-0.15, -0.1) is 0 Å². The van der Waals surface area contributed by atoms with Gasteiger partial charge in [0.15, 0.2) is 5.82 Å². The van der Waals surface area contributed by atoms with Crippen LogP contribution in [-0.4, -0.2) is 20.9 Å². The summed E-state index contributed by atoms with van der Waals surface area (Å²) in [7, 11) is 0. The Kier molecular flexibility index (Phi) is 10.9. The number of nitrogens with zero attached hydrogens (tertiary/aromatic N) is 2. The summed E-state index contributed by atoms with van der Waals surface area (Å²) in [6, 6.07) is 7.62. The first-order valence-corrected chi connectivity index (χ1v) is 11.9. The van der Waals surface area contributed by atoms with E-state index in [1.165, 1.54) is 56.9 Å². The fourth-order valence-corrected chi connectivity index (χ4v) is 3.58. The van der Waals surface area contributed by atoms with E-state index in [4.69, 9.17) is 4.74 Å². The summed E-state index contributed by atoms with van der Waals surface area (Å²) in [6.45, 7) is 6.08. The van der Waals surface area contributed by atoms with Crippen LogP contribution in [0, 0.1) is 0 Å². The Balaban J connectivity index is 1.76. The van der Waals surface area contributed by atoms with Crippen LogP contribution in [-0.2, 0) is 6.42 Å². The van der Waals surface area contributed by atoms with Crippen molar-refractivity contribution >= 4 is 0 Å². The van der Waals surface area contributed by atoms with E-state index in [1.54, 1.807) is 6.92 Å². The van der Waals surface area contributed by atoms with Crippen LogP contribution in [0.25, 0.3) is 11.4 Å². The van der Waals surface area contributed by atoms with Crippen molar-refractivity contribution in [3.05, 3.63) is 42.2 Å². The first-order valence-electron chi connectivity index (χ1n) is 11.9. The van der Waals surface area contributed by atoms with Crippen LogP contribution in [0.1, 0.15) is 97.0 Å². The maximum Gasteiger partial charge on any atom is 0.205 e. The van der Waals surface area contributed by atoms with Crippen molar-refractivity contribution in [2.45, 2.75) is 104 Å². The van der Waals surface area contributed by atoms with Crippen molar-refractivity contribution in [2.24, 2.45) is 0 Å². The van der Waals surface area contributed by atoms with Gasteiger partial charge in [-0.05, 0) is 49.1 Å². The number of rotatable bonds is 15. The van der Waals surface area contributed by atoms with Crippen molar-refractivity contribution < 1.29 is 9.84 Å². The number of unbranched alkanes of at least 4 members (excludes halogenated alkanes) is 8. The number of aromatic nitrogens is 2. The van der Waals surface area contributed by atoms with Crippen LogP contribution in [0.5, 0.6) is 5.75 Å². The number of hydrogen-bond acceptors (Lipinski definition) is 4. The third-order valence-corrected chi connectivity index (χ3v) is 5.47. The summed E-state index contributed by atoms with van der Waals surface area (Å²) in [5.41, 5.74) is 2.16. The van der Waals surface area contributed by atoms with E-state index >= 15 is 0 Å². The zero-order chi connectivity index (χ0) is 21.7. The quantitative estimate of drug-likeness (QED) is 0.250. The molecule has 0 saturated heterocycles. The Morgan fingerprint density at radius 3 is 1.97 bits per heavy atom. The number of benzene rings is 1. The Morgan fingerprint density at radius 1 is 0.800 bits per heavy atom. The van der Waals surface area contributed by atoms with Gasteiger partial charge in [0.25, 0.3) is 0 Å². The fourth-order valence-electron chi connectivity index (χ4n) is 3.58. The molecule has 4 heteroatoms. The molecule has 0 spiro atoms. The third-order valence-electron chi connectivity index (χ3n) is 5.47. The number of hydrogen-bond donors (Lipinski definition) is 1. The van der Waals surface area contributed by atoms with Gasteiger partial charge in [0.05, 0.1) is 0 Å². The number of aliphatic hydroxyl groups is 1. The van der Waals surface area contributed by atoms with E-state index in [9.17, 15) is 5.11 Å². The number of ether oxygens (including phenoxy) is 1. The molecule has 2 rings (SSSR count). The monoisotopic (exact) mass is 412 g/mol. The smallest absolute Gasteiger partial charge is 0.205 e. The Hall–Kier alpha value is -1.94. The molecule has 0 bridgehead atoms. The van der Waals surface area contributed by atoms with E-state index in [-0.39, 0.29) is 0 Å². The molecule has 166 valence electrons. The minimum Gasteiger partial charge on any atom is -0.463 e. The zero-order valence-electron chi connectivity index (χ0n) is 19.2. The molecular weight excluding hydrogens is 372 g/mol. The molecule has 0 radical (unpaired) electrons. The van der Waals surface area contributed by atoms with Crippen LogP contribution in [0.15, 0.2) is 36.7 Å². The first kappa shape index (κ1) is 24.3. The molecule has 0 aliphatic carbocycles. The summed E-state index contributed by atoms with van der Waals surface area (Å²) in [6.07, 6.45) is 18.2. The van der Waals surface area contributed by atoms with Crippen LogP contribution < -0.4 is 4.74 Å². The molecule has 1 heterocycles. The van der Waals surface area contributed by atoms with Gasteiger partial charge in [0.2, 0.25) is 5.79 Å². The number of aryl methyl sites for hydroxylation is 1. The molecule has 1 aromatic heterocycles. The van der Waals surface area contributed by atoms with Gasteiger partial charge in [0.1, 0.15) is 5.75 Å². The second-order valence-corrected chi connectivity index (χ2v) is 8.54. The highest BCUT2D eigenvalue weighted by Crippen LogP contribution is 2.24. The highest BCUT2D eigenvalue weighted by Gasteiger charge is 2.21. The highest BCUT2D eigenvalue weighted by atomic mass is 16.6. The Bertz CT molecular complexity index is 696. The van der Waals surface area contributed by atoms with Crippen molar-refractivity contribution in [1.29, 1.82) is 0 Å². The van der Waals surface area contributed by atoms with E-state index < -0.39 is 5.79 Å². The summed E-state index contributed by atoms with van der Waals surface area (Å²) in [5.74, 6) is 0.246. The Labute approximate surface area is 183 Å². The lowest BCUT2D eigenvalue weighted by atomic mass is 10.1. The van der Waals surface area contributed by atoms with Gasteiger partial charge in [0, 0.05) is 31.3 Å². The predicted molar refractivity (Wildman–Crippen MR) is 125 cm³/mol. The second kappa shape index (κ2) is 13.4. The molecular formula is C26H40N2O2. The summed E-state index contributed by atoms with van der Waals surface area (Å²) in [5, 5.41) is 10.3. The lowest BCUT2D eigenvalue weighted by Gasteiger charge is -2.24. The lowest BCUT2D eigenvalue weighted by Crippen LogP contribution is -2.31. The van der Waals surface area contributed by atoms with Gasteiger partial charge in [-0.25, -0.2) is 9.97 Å². The first-order chi connectivity index (χ1) is 14.5.